The Morgan fingerprint density at radius 1 is 1.23 bits per heavy atom. The molecule has 0 unspecified atom stereocenters. The SMILES string of the molecule is Cc1nn(C)c(C)c1CN(C)S(=O)(=O)c1ccc(Cl)c(Cl)c1. The van der Waals surface area contributed by atoms with Crippen molar-refractivity contribution >= 4 is 33.2 Å². The summed E-state index contributed by atoms with van der Waals surface area (Å²) in [5, 5.41) is 4.84. The number of aryl methyl sites for hydroxylation is 2. The van der Waals surface area contributed by atoms with E-state index in [1.54, 1.807) is 4.68 Å². The van der Waals surface area contributed by atoms with Crippen molar-refractivity contribution in [2.75, 3.05) is 7.05 Å². The van der Waals surface area contributed by atoms with Crippen LogP contribution in [0.25, 0.3) is 0 Å². The van der Waals surface area contributed by atoms with Crippen molar-refractivity contribution in [1.82, 2.24) is 14.1 Å². The molecule has 0 amide bonds. The molecule has 0 fully saturated rings. The van der Waals surface area contributed by atoms with Gasteiger partial charge in [0.2, 0.25) is 10.0 Å². The lowest BCUT2D eigenvalue weighted by molar-refractivity contribution is 0.465. The predicted molar refractivity (Wildman–Crippen MR) is 87.8 cm³/mol. The third-order valence-electron chi connectivity index (χ3n) is 3.64. The Balaban J connectivity index is 2.35. The average Bonchev–Trinajstić information content (AvgIpc) is 2.68. The molecule has 1 aromatic heterocycles. The van der Waals surface area contributed by atoms with Crippen LogP contribution in [-0.2, 0) is 23.6 Å². The Labute approximate surface area is 140 Å². The number of rotatable bonds is 4. The number of aromatic nitrogens is 2. The average molecular weight is 362 g/mol. The highest BCUT2D eigenvalue weighted by Gasteiger charge is 2.24. The minimum atomic E-state index is -3.65. The zero-order valence-electron chi connectivity index (χ0n) is 12.8. The number of nitrogens with zero attached hydrogens (tertiary/aromatic N) is 3. The molecule has 120 valence electrons. The van der Waals surface area contributed by atoms with Crippen molar-refractivity contribution in [3.05, 3.63) is 45.2 Å². The van der Waals surface area contributed by atoms with Crippen molar-refractivity contribution < 1.29 is 8.42 Å². The third-order valence-corrected chi connectivity index (χ3v) is 6.18. The molecule has 1 aromatic carbocycles. The van der Waals surface area contributed by atoms with Crippen molar-refractivity contribution in [2.24, 2.45) is 7.05 Å². The van der Waals surface area contributed by atoms with Crippen LogP contribution >= 0.6 is 23.2 Å². The van der Waals surface area contributed by atoms with Gasteiger partial charge >= 0.3 is 0 Å². The van der Waals surface area contributed by atoms with E-state index in [0.29, 0.717) is 5.02 Å². The number of sulfonamides is 1. The van der Waals surface area contributed by atoms with E-state index in [-0.39, 0.29) is 16.5 Å². The minimum absolute atomic E-state index is 0.114. The first-order valence-corrected chi connectivity index (χ1v) is 8.74. The maximum Gasteiger partial charge on any atom is 0.243 e. The first kappa shape index (κ1) is 17.3. The Morgan fingerprint density at radius 2 is 1.86 bits per heavy atom. The first-order valence-electron chi connectivity index (χ1n) is 6.55. The summed E-state index contributed by atoms with van der Waals surface area (Å²) in [6, 6.07) is 4.28. The summed E-state index contributed by atoms with van der Waals surface area (Å²) in [6.45, 7) is 4.02. The van der Waals surface area contributed by atoms with Gasteiger partial charge in [0.15, 0.2) is 0 Å². The van der Waals surface area contributed by atoms with Gasteiger partial charge in [-0.25, -0.2) is 8.42 Å². The van der Waals surface area contributed by atoms with Crippen LogP contribution < -0.4 is 0 Å². The molecule has 0 saturated heterocycles. The summed E-state index contributed by atoms with van der Waals surface area (Å²) < 4.78 is 28.3. The Morgan fingerprint density at radius 3 is 2.36 bits per heavy atom. The van der Waals surface area contributed by atoms with Crippen molar-refractivity contribution in [2.45, 2.75) is 25.3 Å². The number of hydrogen-bond acceptors (Lipinski definition) is 3. The molecule has 1 heterocycles. The number of benzene rings is 1. The van der Waals surface area contributed by atoms with Crippen LogP contribution in [0.1, 0.15) is 17.0 Å². The summed E-state index contributed by atoms with van der Waals surface area (Å²) in [5.74, 6) is 0. The largest absolute Gasteiger partial charge is 0.272 e. The first-order chi connectivity index (χ1) is 10.1. The van der Waals surface area contributed by atoms with Crippen LogP contribution in [0.2, 0.25) is 10.0 Å². The maximum atomic E-state index is 12.6. The Hall–Kier alpha value is -1.08. The molecular weight excluding hydrogens is 345 g/mol. The van der Waals surface area contributed by atoms with Gasteiger partial charge in [-0.05, 0) is 32.0 Å². The molecule has 0 spiro atoms. The van der Waals surface area contributed by atoms with Crippen molar-refractivity contribution in [1.29, 1.82) is 0 Å². The Kier molecular flexibility index (Phi) is 4.87. The van der Waals surface area contributed by atoms with E-state index in [9.17, 15) is 8.42 Å². The molecule has 0 aliphatic carbocycles. The molecule has 22 heavy (non-hydrogen) atoms. The van der Waals surface area contributed by atoms with Crippen LogP contribution in [-0.4, -0.2) is 29.6 Å². The lowest BCUT2D eigenvalue weighted by Gasteiger charge is -2.18. The van der Waals surface area contributed by atoms with E-state index in [2.05, 4.69) is 5.10 Å². The van der Waals surface area contributed by atoms with Crippen LogP contribution in [0.3, 0.4) is 0 Å². The standard InChI is InChI=1S/C14H17Cl2N3O2S/c1-9-12(10(2)19(4)17-9)8-18(3)22(20,21)11-5-6-13(15)14(16)7-11/h5-7H,8H2,1-4H3. The van der Waals surface area contributed by atoms with Crippen molar-refractivity contribution in [3.63, 3.8) is 0 Å². The summed E-state index contributed by atoms with van der Waals surface area (Å²) in [4.78, 5) is 0.114. The molecule has 0 radical (unpaired) electrons. The number of halogens is 2. The van der Waals surface area contributed by atoms with Gasteiger partial charge in [0.1, 0.15) is 0 Å². The molecule has 0 atom stereocenters. The molecule has 5 nitrogen and oxygen atoms in total. The summed E-state index contributed by atoms with van der Waals surface area (Å²) in [5.41, 5.74) is 2.65. The quantitative estimate of drug-likeness (QED) is 0.840. The molecule has 0 N–H and O–H groups in total. The second-order valence-corrected chi connectivity index (χ2v) is 7.97. The van der Waals surface area contributed by atoms with E-state index in [4.69, 9.17) is 23.2 Å². The van der Waals surface area contributed by atoms with Gasteiger partial charge in [-0.2, -0.15) is 9.40 Å². The summed E-state index contributed by atoms with van der Waals surface area (Å²) in [6.07, 6.45) is 0. The van der Waals surface area contributed by atoms with Crippen LogP contribution in [0, 0.1) is 13.8 Å². The summed E-state index contributed by atoms with van der Waals surface area (Å²) in [7, 11) is -0.283. The highest BCUT2D eigenvalue weighted by molar-refractivity contribution is 7.89. The van der Waals surface area contributed by atoms with Gasteiger partial charge in [-0.15, -0.1) is 0 Å². The fourth-order valence-electron chi connectivity index (χ4n) is 2.17. The van der Waals surface area contributed by atoms with Gasteiger partial charge in [0.05, 0.1) is 20.6 Å². The van der Waals surface area contributed by atoms with Gasteiger partial charge in [0.25, 0.3) is 0 Å². The molecule has 0 aliphatic heterocycles. The second kappa shape index (κ2) is 6.20. The van der Waals surface area contributed by atoms with Crippen LogP contribution in [0.5, 0.6) is 0 Å². The minimum Gasteiger partial charge on any atom is -0.272 e. The highest BCUT2D eigenvalue weighted by atomic mass is 35.5. The lowest BCUT2D eigenvalue weighted by atomic mass is 10.2. The monoisotopic (exact) mass is 361 g/mol. The predicted octanol–water partition coefficient (Wildman–Crippen LogP) is 3.16. The number of hydrogen-bond donors (Lipinski definition) is 0. The topological polar surface area (TPSA) is 55.2 Å². The lowest BCUT2D eigenvalue weighted by Crippen LogP contribution is -2.27. The fraction of sp³-hybridized carbons (Fsp3) is 0.357. The molecule has 2 aromatic rings. The van der Waals surface area contributed by atoms with E-state index in [1.807, 2.05) is 20.9 Å². The second-order valence-electron chi connectivity index (χ2n) is 5.11. The van der Waals surface area contributed by atoms with Crippen molar-refractivity contribution in [3.8, 4) is 0 Å². The molecule has 0 bridgehead atoms. The normalized spacial score (nSPS) is 12.1. The highest BCUT2D eigenvalue weighted by Crippen LogP contribution is 2.27. The smallest absolute Gasteiger partial charge is 0.243 e. The molecular formula is C14H17Cl2N3O2S. The third kappa shape index (κ3) is 3.15. The van der Waals surface area contributed by atoms with E-state index in [1.165, 1.54) is 29.6 Å². The van der Waals surface area contributed by atoms with Gasteiger partial charge < -0.3 is 0 Å². The van der Waals surface area contributed by atoms with Gasteiger partial charge in [0, 0.05) is 31.9 Å². The maximum absolute atomic E-state index is 12.6. The zero-order valence-corrected chi connectivity index (χ0v) is 15.1. The van der Waals surface area contributed by atoms with E-state index in [0.717, 1.165) is 17.0 Å². The molecule has 0 saturated carbocycles. The molecule has 2 rings (SSSR count). The van der Waals surface area contributed by atoms with E-state index >= 15 is 0 Å². The molecule has 8 heteroatoms. The fourth-order valence-corrected chi connectivity index (χ4v) is 3.70. The van der Waals surface area contributed by atoms with Gasteiger partial charge in [-0.3, -0.25) is 4.68 Å². The molecule has 0 aliphatic rings. The van der Waals surface area contributed by atoms with Crippen LogP contribution in [0.4, 0.5) is 0 Å². The Bertz CT molecular complexity index is 816. The van der Waals surface area contributed by atoms with Crippen LogP contribution in [0.15, 0.2) is 23.1 Å². The zero-order chi connectivity index (χ0) is 16.7. The van der Waals surface area contributed by atoms with Gasteiger partial charge in [-0.1, -0.05) is 23.2 Å². The van der Waals surface area contributed by atoms with E-state index < -0.39 is 10.0 Å². The summed E-state index contributed by atoms with van der Waals surface area (Å²) >= 11 is 11.7.